The number of piperazine rings is 3. The van der Waals surface area contributed by atoms with E-state index >= 15 is 0 Å². The number of nitrogens with zero attached hydrogens (tertiary/aromatic N) is 2. The van der Waals surface area contributed by atoms with Crippen LogP contribution in [0.25, 0.3) is 0 Å². The molecule has 4 aliphatic rings. The van der Waals surface area contributed by atoms with Gasteiger partial charge in [-0.2, -0.15) is 0 Å². The molecular weight excluding hydrogens is 224 g/mol. The molecule has 2 bridgehead atoms. The van der Waals surface area contributed by atoms with Crippen molar-refractivity contribution < 1.29 is 5.11 Å². The Kier molecular flexibility index (Phi) is 3.92. The average Bonchev–Trinajstić information content (AvgIpc) is 2.47. The highest BCUT2D eigenvalue weighted by Crippen LogP contribution is 2.37. The van der Waals surface area contributed by atoms with E-state index in [0.717, 1.165) is 12.5 Å². The molecule has 0 aromatic heterocycles. The summed E-state index contributed by atoms with van der Waals surface area (Å²) in [7, 11) is 0. The molecule has 3 nitrogen and oxygen atoms in total. The first-order chi connectivity index (χ1) is 8.79. The number of aliphatic hydroxyl groups is 1. The van der Waals surface area contributed by atoms with Crippen molar-refractivity contribution in [3.63, 3.8) is 0 Å². The van der Waals surface area contributed by atoms with E-state index in [2.05, 4.69) is 16.7 Å². The molecule has 0 aromatic carbocycles. The Morgan fingerprint density at radius 2 is 1.83 bits per heavy atom. The van der Waals surface area contributed by atoms with Gasteiger partial charge in [0.25, 0.3) is 0 Å². The predicted molar refractivity (Wildman–Crippen MR) is 73.5 cm³/mol. The van der Waals surface area contributed by atoms with Crippen molar-refractivity contribution in [1.82, 2.24) is 9.80 Å². The van der Waals surface area contributed by atoms with Crippen molar-refractivity contribution in [2.24, 2.45) is 11.8 Å². The van der Waals surface area contributed by atoms with Crippen molar-refractivity contribution >= 4 is 0 Å². The molecular formula is C15H28N2O. The molecule has 1 saturated carbocycles. The average molecular weight is 252 g/mol. The maximum absolute atomic E-state index is 10.9. The summed E-state index contributed by atoms with van der Waals surface area (Å²) in [5, 5.41) is 10.9. The highest BCUT2D eigenvalue weighted by molar-refractivity contribution is 4.95. The van der Waals surface area contributed by atoms with Gasteiger partial charge in [-0.05, 0) is 18.3 Å². The summed E-state index contributed by atoms with van der Waals surface area (Å²) in [6, 6.07) is 0.421. The van der Waals surface area contributed by atoms with Crippen LogP contribution in [-0.4, -0.2) is 59.8 Å². The molecule has 3 saturated heterocycles. The minimum absolute atomic E-state index is 0.0849. The largest absolute Gasteiger partial charge is 0.391 e. The lowest BCUT2D eigenvalue weighted by Gasteiger charge is -2.51. The first-order valence-electron chi connectivity index (χ1n) is 7.94. The lowest BCUT2D eigenvalue weighted by atomic mass is 9.72. The molecule has 3 heteroatoms. The van der Waals surface area contributed by atoms with Gasteiger partial charge in [-0.25, -0.2) is 0 Å². The molecule has 4 unspecified atom stereocenters. The molecule has 0 radical (unpaired) electrons. The van der Waals surface area contributed by atoms with Gasteiger partial charge in [0.15, 0.2) is 0 Å². The van der Waals surface area contributed by atoms with Crippen LogP contribution in [0.2, 0.25) is 0 Å². The Morgan fingerprint density at radius 1 is 1.11 bits per heavy atom. The maximum atomic E-state index is 10.9. The van der Waals surface area contributed by atoms with Crippen molar-refractivity contribution in [1.29, 1.82) is 0 Å². The number of fused-ring (bicyclic) bond motifs is 3. The first kappa shape index (κ1) is 12.9. The van der Waals surface area contributed by atoms with Crippen molar-refractivity contribution in [2.45, 2.75) is 51.2 Å². The Bertz CT molecular complexity index is 269. The van der Waals surface area contributed by atoms with Crippen LogP contribution in [0.1, 0.15) is 39.0 Å². The normalized spacial score (nSPS) is 46.0. The van der Waals surface area contributed by atoms with Gasteiger partial charge in [0.1, 0.15) is 0 Å². The molecule has 18 heavy (non-hydrogen) atoms. The van der Waals surface area contributed by atoms with Crippen LogP contribution in [0.5, 0.6) is 0 Å². The fourth-order valence-corrected chi connectivity index (χ4v) is 4.46. The van der Waals surface area contributed by atoms with Crippen LogP contribution < -0.4 is 0 Å². The van der Waals surface area contributed by atoms with Gasteiger partial charge in [-0.15, -0.1) is 0 Å². The van der Waals surface area contributed by atoms with E-state index in [4.69, 9.17) is 0 Å². The second-order valence-corrected chi connectivity index (χ2v) is 6.51. The van der Waals surface area contributed by atoms with Gasteiger partial charge < -0.3 is 5.11 Å². The number of rotatable bonds is 3. The fraction of sp³-hybridized carbons (Fsp3) is 1.00. The molecule has 1 N–H and O–H groups in total. The van der Waals surface area contributed by atoms with Gasteiger partial charge in [0.05, 0.1) is 6.10 Å². The molecule has 3 aliphatic heterocycles. The summed E-state index contributed by atoms with van der Waals surface area (Å²) in [6.07, 6.45) is 6.46. The Balaban J connectivity index is 1.67. The third-order valence-electron chi connectivity index (χ3n) is 5.65. The number of hydrogen-bond acceptors (Lipinski definition) is 3. The third-order valence-corrected chi connectivity index (χ3v) is 5.65. The van der Waals surface area contributed by atoms with Gasteiger partial charge in [0.2, 0.25) is 0 Å². The number of aliphatic hydroxyl groups excluding tert-OH is 1. The molecule has 4 fully saturated rings. The number of hydrogen-bond donors (Lipinski definition) is 1. The zero-order valence-electron chi connectivity index (χ0n) is 11.7. The van der Waals surface area contributed by atoms with Gasteiger partial charge in [-0.1, -0.05) is 32.6 Å². The summed E-state index contributed by atoms with van der Waals surface area (Å²) in [6.45, 7) is 8.17. The molecule has 4 rings (SSSR count). The zero-order valence-corrected chi connectivity index (χ0v) is 11.7. The highest BCUT2D eigenvalue weighted by atomic mass is 16.3. The lowest BCUT2D eigenvalue weighted by molar-refractivity contribution is -0.0803. The van der Waals surface area contributed by atoms with E-state index in [1.54, 1.807) is 0 Å². The highest BCUT2D eigenvalue weighted by Gasteiger charge is 2.41. The Hall–Kier alpha value is -0.120. The van der Waals surface area contributed by atoms with Gasteiger partial charge >= 0.3 is 0 Å². The van der Waals surface area contributed by atoms with Crippen molar-refractivity contribution in [3.05, 3.63) is 0 Å². The summed E-state index contributed by atoms with van der Waals surface area (Å²) in [5.41, 5.74) is 0. The smallest absolute Gasteiger partial charge is 0.0738 e. The Morgan fingerprint density at radius 3 is 2.44 bits per heavy atom. The van der Waals surface area contributed by atoms with Crippen molar-refractivity contribution in [3.8, 4) is 0 Å². The van der Waals surface area contributed by atoms with Gasteiger partial charge in [-0.3, -0.25) is 9.80 Å². The van der Waals surface area contributed by atoms with E-state index < -0.39 is 0 Å². The van der Waals surface area contributed by atoms with E-state index in [0.29, 0.717) is 12.0 Å². The van der Waals surface area contributed by atoms with Crippen LogP contribution in [0.3, 0.4) is 0 Å². The maximum Gasteiger partial charge on any atom is 0.0738 e. The predicted octanol–water partition coefficient (Wildman–Crippen LogP) is 1.56. The Labute approximate surface area is 111 Å². The monoisotopic (exact) mass is 252 g/mol. The molecule has 4 atom stereocenters. The van der Waals surface area contributed by atoms with Crippen molar-refractivity contribution in [2.75, 3.05) is 32.7 Å². The minimum atomic E-state index is -0.0849. The summed E-state index contributed by atoms with van der Waals surface area (Å²) in [5.74, 6) is 1.33. The second-order valence-electron chi connectivity index (χ2n) is 6.51. The summed E-state index contributed by atoms with van der Waals surface area (Å²) in [4.78, 5) is 5.09. The summed E-state index contributed by atoms with van der Waals surface area (Å²) < 4.78 is 0. The zero-order chi connectivity index (χ0) is 12.5. The third kappa shape index (κ3) is 2.33. The van der Waals surface area contributed by atoms with E-state index in [9.17, 15) is 5.11 Å². The SMILES string of the molecule is CCC1CCCCC1C(O)C1CN2CCN1CC2. The quantitative estimate of drug-likeness (QED) is 0.826. The van der Waals surface area contributed by atoms with Crippen LogP contribution in [0.4, 0.5) is 0 Å². The van der Waals surface area contributed by atoms with Crippen LogP contribution in [0, 0.1) is 11.8 Å². The topological polar surface area (TPSA) is 26.7 Å². The van der Waals surface area contributed by atoms with Crippen LogP contribution in [-0.2, 0) is 0 Å². The fourth-order valence-electron chi connectivity index (χ4n) is 4.46. The molecule has 0 aromatic rings. The van der Waals surface area contributed by atoms with Crippen LogP contribution >= 0.6 is 0 Å². The molecule has 0 spiro atoms. The van der Waals surface area contributed by atoms with E-state index in [1.165, 1.54) is 58.3 Å². The van der Waals surface area contributed by atoms with Crippen LogP contribution in [0.15, 0.2) is 0 Å². The minimum Gasteiger partial charge on any atom is -0.391 e. The molecule has 104 valence electrons. The van der Waals surface area contributed by atoms with E-state index in [-0.39, 0.29) is 6.10 Å². The first-order valence-corrected chi connectivity index (χ1v) is 7.94. The molecule has 1 aliphatic carbocycles. The van der Waals surface area contributed by atoms with Gasteiger partial charge in [0, 0.05) is 38.8 Å². The standard InChI is InChI=1S/C15H28N2O/c1-2-12-5-3-4-6-13(12)15(18)14-11-16-7-9-17(14)10-8-16/h12-15,18H,2-11H2,1H3. The lowest BCUT2D eigenvalue weighted by Crippen LogP contribution is -2.65. The molecule has 3 heterocycles. The summed E-state index contributed by atoms with van der Waals surface area (Å²) >= 11 is 0. The second kappa shape index (κ2) is 5.48. The molecule has 0 amide bonds. The van der Waals surface area contributed by atoms with E-state index in [1.807, 2.05) is 0 Å².